The molecule has 0 aromatic heterocycles. The van der Waals surface area contributed by atoms with Gasteiger partial charge in [0.25, 0.3) is 5.91 Å². The molecule has 1 heterocycles. The summed E-state index contributed by atoms with van der Waals surface area (Å²) in [7, 11) is -2.30. The molecule has 2 N–H and O–H groups in total. The summed E-state index contributed by atoms with van der Waals surface area (Å²) in [5, 5.41) is 11.9. The normalized spacial score (nSPS) is 21.0. The third-order valence-corrected chi connectivity index (χ3v) is 9.06. The number of amides is 2. The van der Waals surface area contributed by atoms with Crippen molar-refractivity contribution in [3.05, 3.63) is 53.1 Å². The smallest absolute Gasteiger partial charge is 0.306 e. The molecule has 1 fully saturated rings. The van der Waals surface area contributed by atoms with Crippen LogP contribution < -0.4 is 15.2 Å². The van der Waals surface area contributed by atoms with Crippen LogP contribution in [0.4, 0.5) is 14.5 Å². The zero-order valence-corrected chi connectivity index (χ0v) is 22.4. The highest BCUT2D eigenvalue weighted by atomic mass is 28.3. The molecule has 37 heavy (non-hydrogen) atoms. The Balaban J connectivity index is 1.65. The quantitative estimate of drug-likeness (QED) is 0.526. The van der Waals surface area contributed by atoms with Crippen LogP contribution in [0.25, 0.3) is 0 Å². The number of anilines is 1. The van der Waals surface area contributed by atoms with Crippen LogP contribution in [-0.2, 0) is 20.8 Å². The van der Waals surface area contributed by atoms with Crippen molar-refractivity contribution in [1.29, 1.82) is 0 Å². The zero-order valence-electron chi connectivity index (χ0n) is 21.4. The predicted octanol–water partition coefficient (Wildman–Crippen LogP) is 4.08. The minimum atomic E-state index is -2.30. The fourth-order valence-electron chi connectivity index (χ4n) is 5.21. The lowest BCUT2D eigenvalue weighted by molar-refractivity contribution is -0.154. The molecular weight excluding hydrogens is 498 g/mol. The number of fused-ring (bicyclic) bond motifs is 1. The Morgan fingerprint density at radius 2 is 1.73 bits per heavy atom. The first-order valence-electron chi connectivity index (χ1n) is 12.5. The number of ether oxygens (including phenoxy) is 1. The summed E-state index contributed by atoms with van der Waals surface area (Å²) in [5.74, 6) is -3.62. The first-order chi connectivity index (χ1) is 17.4. The second-order valence-electron chi connectivity index (χ2n) is 10.7. The summed E-state index contributed by atoms with van der Waals surface area (Å²) in [6.07, 6.45) is 0.947. The molecule has 2 amide bonds. The van der Waals surface area contributed by atoms with E-state index >= 15 is 0 Å². The van der Waals surface area contributed by atoms with Crippen molar-refractivity contribution in [1.82, 2.24) is 4.90 Å². The summed E-state index contributed by atoms with van der Waals surface area (Å²) in [6.45, 7) is 8.10. The highest BCUT2D eigenvalue weighted by Gasteiger charge is 2.45. The van der Waals surface area contributed by atoms with Gasteiger partial charge in [-0.3, -0.25) is 14.4 Å². The van der Waals surface area contributed by atoms with E-state index in [4.69, 9.17) is 4.74 Å². The van der Waals surface area contributed by atoms with Gasteiger partial charge in [0.1, 0.15) is 23.4 Å². The van der Waals surface area contributed by atoms with E-state index in [1.54, 1.807) is 12.1 Å². The third-order valence-electron chi connectivity index (χ3n) is 7.08. The van der Waals surface area contributed by atoms with E-state index in [1.807, 2.05) is 32.6 Å². The highest BCUT2D eigenvalue weighted by Crippen LogP contribution is 2.40. The molecule has 2 aromatic rings. The summed E-state index contributed by atoms with van der Waals surface area (Å²) < 4.78 is 35.3. The number of aliphatic carboxylic acids is 1. The first-order valence-corrected chi connectivity index (χ1v) is 16.0. The van der Waals surface area contributed by atoms with Gasteiger partial charge in [0.15, 0.2) is 0 Å². The van der Waals surface area contributed by atoms with Crippen LogP contribution in [0.1, 0.15) is 36.9 Å². The Kier molecular flexibility index (Phi) is 7.41. The molecule has 0 unspecified atom stereocenters. The van der Waals surface area contributed by atoms with Gasteiger partial charge in [-0.2, -0.15) is 0 Å². The molecule has 198 valence electrons. The van der Waals surface area contributed by atoms with Crippen LogP contribution in [0.2, 0.25) is 19.6 Å². The molecule has 1 aliphatic heterocycles. The maximum absolute atomic E-state index is 14.8. The lowest BCUT2D eigenvalue weighted by Crippen LogP contribution is -2.50. The Hall–Kier alpha value is -3.27. The predicted molar refractivity (Wildman–Crippen MR) is 138 cm³/mol. The van der Waals surface area contributed by atoms with Crippen molar-refractivity contribution in [2.75, 3.05) is 18.5 Å². The van der Waals surface area contributed by atoms with Crippen LogP contribution in [0.5, 0.6) is 5.75 Å². The number of rotatable bonds is 7. The van der Waals surface area contributed by atoms with Gasteiger partial charge in [-0.1, -0.05) is 25.7 Å². The minimum Gasteiger partial charge on any atom is -0.494 e. The maximum Gasteiger partial charge on any atom is 0.306 e. The SMILES string of the molecule is CCOc1ccc2c(c1)CCN(C(=O)[C@H]1C[C@H](C(=O)O)C1)[C@H]2C(=O)Nc1cc(F)c([Si](C)(C)C)c(F)c1. The van der Waals surface area contributed by atoms with Crippen molar-refractivity contribution in [2.24, 2.45) is 11.8 Å². The van der Waals surface area contributed by atoms with E-state index in [-0.39, 0.29) is 36.2 Å². The average Bonchev–Trinajstić information content (AvgIpc) is 2.75. The molecule has 0 radical (unpaired) electrons. The van der Waals surface area contributed by atoms with Gasteiger partial charge in [0.2, 0.25) is 5.91 Å². The van der Waals surface area contributed by atoms with Crippen molar-refractivity contribution < 1.29 is 33.0 Å². The van der Waals surface area contributed by atoms with Gasteiger partial charge in [-0.05, 0) is 61.6 Å². The van der Waals surface area contributed by atoms with Gasteiger partial charge in [-0.15, -0.1) is 0 Å². The van der Waals surface area contributed by atoms with Gasteiger partial charge in [-0.25, -0.2) is 8.78 Å². The number of carboxylic acid groups (broad SMARTS) is 1. The van der Waals surface area contributed by atoms with Gasteiger partial charge < -0.3 is 20.1 Å². The number of carbonyl (C=O) groups excluding carboxylic acids is 2. The molecule has 1 saturated carbocycles. The van der Waals surface area contributed by atoms with E-state index in [1.165, 1.54) is 4.90 Å². The second-order valence-corrected chi connectivity index (χ2v) is 15.7. The van der Waals surface area contributed by atoms with E-state index in [9.17, 15) is 28.3 Å². The highest BCUT2D eigenvalue weighted by molar-refractivity contribution is 6.88. The number of nitrogens with one attached hydrogen (secondary N) is 1. The van der Waals surface area contributed by atoms with Crippen LogP contribution in [0.3, 0.4) is 0 Å². The van der Waals surface area contributed by atoms with Crippen LogP contribution >= 0.6 is 0 Å². The largest absolute Gasteiger partial charge is 0.494 e. The molecule has 0 bridgehead atoms. The van der Waals surface area contributed by atoms with E-state index in [0.29, 0.717) is 24.3 Å². The summed E-state index contributed by atoms with van der Waals surface area (Å²) in [4.78, 5) is 39.7. The fourth-order valence-corrected chi connectivity index (χ4v) is 6.79. The summed E-state index contributed by atoms with van der Waals surface area (Å²) in [6, 6.07) is 6.51. The molecule has 0 saturated heterocycles. The molecule has 4 rings (SSSR count). The summed E-state index contributed by atoms with van der Waals surface area (Å²) in [5.41, 5.74) is 1.43. The van der Waals surface area contributed by atoms with Crippen LogP contribution in [0, 0.1) is 23.5 Å². The topological polar surface area (TPSA) is 95.9 Å². The fraction of sp³-hybridized carbons (Fsp3) is 0.444. The zero-order chi connectivity index (χ0) is 27.1. The van der Waals surface area contributed by atoms with Crippen molar-refractivity contribution in [2.45, 2.75) is 51.9 Å². The monoisotopic (exact) mass is 530 g/mol. The molecule has 10 heteroatoms. The molecular formula is C27H32F2N2O5Si. The Labute approximate surface area is 215 Å². The minimum absolute atomic E-state index is 0.0259. The van der Waals surface area contributed by atoms with Gasteiger partial charge in [0, 0.05) is 23.3 Å². The van der Waals surface area contributed by atoms with Crippen molar-refractivity contribution in [3.8, 4) is 5.75 Å². The number of carboxylic acids is 1. The summed E-state index contributed by atoms with van der Waals surface area (Å²) >= 11 is 0. The second kappa shape index (κ2) is 10.2. The maximum atomic E-state index is 14.8. The lowest BCUT2D eigenvalue weighted by atomic mass is 9.73. The Bertz CT molecular complexity index is 1220. The Morgan fingerprint density at radius 3 is 2.30 bits per heavy atom. The third kappa shape index (κ3) is 5.39. The number of benzene rings is 2. The standard InChI is InChI=1S/C27H32F2N2O5Si/c1-5-36-19-6-7-20-15(12-19)8-9-31(26(33)16-10-17(11-16)27(34)35)23(20)25(32)30-18-13-21(28)24(22(29)14-18)37(2,3)4/h6-7,12-14,16-17,23H,5,8-11H2,1-4H3,(H,30,32)(H,34,35)/t16-,17-,23-/m1/s1. The Morgan fingerprint density at radius 1 is 1.08 bits per heavy atom. The first kappa shape index (κ1) is 26.8. The van der Waals surface area contributed by atoms with Gasteiger partial charge in [0.05, 0.1) is 20.6 Å². The number of nitrogens with zero attached hydrogens (tertiary/aromatic N) is 1. The number of halogens is 2. The van der Waals surface area contributed by atoms with E-state index in [0.717, 1.165) is 17.7 Å². The van der Waals surface area contributed by atoms with Gasteiger partial charge >= 0.3 is 5.97 Å². The average molecular weight is 531 g/mol. The molecule has 1 aliphatic carbocycles. The van der Waals surface area contributed by atoms with E-state index in [2.05, 4.69) is 5.32 Å². The number of carbonyl (C=O) groups is 3. The van der Waals surface area contributed by atoms with Crippen LogP contribution in [-0.4, -0.2) is 49.0 Å². The number of hydrogen-bond acceptors (Lipinski definition) is 4. The molecule has 1 atom stereocenters. The molecule has 7 nitrogen and oxygen atoms in total. The molecule has 2 aromatic carbocycles. The lowest BCUT2D eigenvalue weighted by Gasteiger charge is -2.41. The number of hydrogen-bond donors (Lipinski definition) is 2. The van der Waals surface area contributed by atoms with E-state index < -0.39 is 49.5 Å². The molecule has 2 aliphatic rings. The van der Waals surface area contributed by atoms with Crippen molar-refractivity contribution in [3.63, 3.8) is 0 Å². The van der Waals surface area contributed by atoms with Crippen molar-refractivity contribution >= 4 is 36.7 Å². The molecule has 0 spiro atoms. The van der Waals surface area contributed by atoms with Crippen LogP contribution in [0.15, 0.2) is 30.3 Å².